The van der Waals surface area contributed by atoms with Crippen LogP contribution in [0.15, 0.2) is 24.3 Å². The molecule has 76 valence electrons. The predicted octanol–water partition coefficient (Wildman–Crippen LogP) is -1.82. The smallest absolute Gasteiger partial charge is 0.337 e. The van der Waals surface area contributed by atoms with Crippen LogP contribution in [0.2, 0.25) is 0 Å². The van der Waals surface area contributed by atoms with Crippen molar-refractivity contribution in [1.29, 1.82) is 0 Å². The van der Waals surface area contributed by atoms with Gasteiger partial charge in [0, 0.05) is 0 Å². The molecule has 1 aromatic rings. The second kappa shape index (κ2) is 5.24. The summed E-state index contributed by atoms with van der Waals surface area (Å²) in [5, 5.41) is 8.61. The number of rotatable bonds is 2. The molecule has 0 spiro atoms. The van der Waals surface area contributed by atoms with Crippen LogP contribution >= 0.6 is 0 Å². The van der Waals surface area contributed by atoms with Crippen molar-refractivity contribution in [2.24, 2.45) is 0 Å². The van der Waals surface area contributed by atoms with Crippen molar-refractivity contribution in [3.05, 3.63) is 35.4 Å². The number of hydrogen-bond acceptors (Lipinski definition) is 3. The molecule has 1 N–H and O–H groups in total. The molecule has 1 rings (SSSR count). The zero-order valence-corrected chi connectivity index (χ0v) is 8.12. The Hall–Kier alpha value is -1.55. The Balaban J connectivity index is 0.00000169. The first-order chi connectivity index (χ1) is 6.15. The first-order valence-corrected chi connectivity index (χ1v) is 3.57. The molecular weight excluding hydrogens is 208 g/mol. The molecule has 0 bridgehead atoms. The average Bonchev–Trinajstić information content (AvgIpc) is 2.17. The third kappa shape index (κ3) is 2.74. The van der Waals surface area contributed by atoms with Crippen molar-refractivity contribution in [3.63, 3.8) is 0 Å². The normalized spacial score (nSPS) is 8.64. The highest BCUT2D eigenvalue weighted by Gasteiger charge is 2.08. The molecule has 0 unspecified atom stereocenters. The third-order valence-corrected chi connectivity index (χ3v) is 1.53. The Morgan fingerprint density at radius 2 is 1.86 bits per heavy atom. The highest BCUT2D eigenvalue weighted by atomic mass is 35.5. The number of carbonyl (C=O) groups excluding carboxylic acids is 1. The van der Waals surface area contributed by atoms with E-state index in [1.807, 2.05) is 0 Å². The Labute approximate surface area is 86.9 Å². The Morgan fingerprint density at radius 3 is 2.36 bits per heavy atom. The summed E-state index contributed by atoms with van der Waals surface area (Å²) in [6.07, 6.45) is 0. The van der Waals surface area contributed by atoms with E-state index in [1.54, 1.807) is 0 Å². The molecule has 4 nitrogen and oxygen atoms in total. The van der Waals surface area contributed by atoms with E-state index < -0.39 is 11.9 Å². The van der Waals surface area contributed by atoms with E-state index >= 15 is 0 Å². The van der Waals surface area contributed by atoms with E-state index in [9.17, 15) is 9.59 Å². The maximum absolute atomic E-state index is 11.0. The number of methoxy groups -OCH3 is 1. The number of carboxylic acids is 1. The second-order valence-corrected chi connectivity index (χ2v) is 2.38. The highest BCUT2D eigenvalue weighted by Crippen LogP contribution is 2.06. The fourth-order valence-corrected chi connectivity index (χ4v) is 0.897. The summed E-state index contributed by atoms with van der Waals surface area (Å²) >= 11 is 0. The predicted molar refractivity (Wildman–Crippen MR) is 44.7 cm³/mol. The first kappa shape index (κ1) is 12.4. The van der Waals surface area contributed by atoms with E-state index in [1.165, 1.54) is 31.4 Å². The van der Waals surface area contributed by atoms with E-state index in [0.29, 0.717) is 0 Å². The molecule has 0 aliphatic heterocycles. The monoisotopic (exact) mass is 215 g/mol. The summed E-state index contributed by atoms with van der Waals surface area (Å²) in [6.45, 7) is 0. The topological polar surface area (TPSA) is 63.6 Å². The molecule has 0 saturated carbocycles. The van der Waals surface area contributed by atoms with Gasteiger partial charge in [-0.15, -0.1) is 0 Å². The van der Waals surface area contributed by atoms with Gasteiger partial charge in [-0.2, -0.15) is 0 Å². The van der Waals surface area contributed by atoms with Gasteiger partial charge in [-0.3, -0.25) is 0 Å². The Kier molecular flexibility index (Phi) is 4.66. The average molecular weight is 216 g/mol. The third-order valence-electron chi connectivity index (χ3n) is 1.53. The molecule has 1 aromatic carbocycles. The molecule has 0 amide bonds. The van der Waals surface area contributed by atoms with Gasteiger partial charge in [0.2, 0.25) is 0 Å². The van der Waals surface area contributed by atoms with Crippen LogP contribution in [0.4, 0.5) is 0 Å². The van der Waals surface area contributed by atoms with Crippen molar-refractivity contribution in [2.45, 2.75) is 0 Å². The lowest BCUT2D eigenvalue weighted by atomic mass is 10.1. The number of ether oxygens (including phenoxy) is 1. The lowest BCUT2D eigenvalue weighted by Gasteiger charge is -1.99. The summed E-state index contributed by atoms with van der Waals surface area (Å²) < 4.78 is 4.44. The van der Waals surface area contributed by atoms with Gasteiger partial charge in [0.25, 0.3) is 0 Å². The number of halogens is 1. The maximum Gasteiger partial charge on any atom is 0.337 e. The Bertz CT molecular complexity index is 348. The van der Waals surface area contributed by atoms with E-state index in [0.717, 1.165) is 0 Å². The molecule has 0 aromatic heterocycles. The van der Waals surface area contributed by atoms with Gasteiger partial charge in [-0.25, -0.2) is 9.59 Å². The fourth-order valence-electron chi connectivity index (χ4n) is 0.897. The van der Waals surface area contributed by atoms with Gasteiger partial charge in [-0.05, 0) is 18.2 Å². The van der Waals surface area contributed by atoms with Gasteiger partial charge < -0.3 is 22.3 Å². The van der Waals surface area contributed by atoms with Crippen molar-refractivity contribution in [3.8, 4) is 0 Å². The number of hydrogen-bond donors (Lipinski definition) is 1. The van der Waals surface area contributed by atoms with E-state index in [4.69, 9.17) is 5.11 Å². The number of benzene rings is 1. The molecular formula is C9H8ClO4-. The molecule has 0 fully saturated rings. The molecule has 0 heterocycles. The van der Waals surface area contributed by atoms with Gasteiger partial charge in [0.15, 0.2) is 0 Å². The standard InChI is InChI=1S/C9H8O4.ClH/c1-13-9(12)7-4-2-3-6(5-7)8(10)11;/h2-5H,1H3,(H,10,11);1H/p-1. The first-order valence-electron chi connectivity index (χ1n) is 3.57. The van der Waals surface area contributed by atoms with Crippen LogP contribution in [-0.2, 0) is 4.74 Å². The van der Waals surface area contributed by atoms with Crippen LogP contribution < -0.4 is 12.4 Å². The summed E-state index contributed by atoms with van der Waals surface area (Å²) in [5.74, 6) is -1.60. The highest BCUT2D eigenvalue weighted by molar-refractivity contribution is 5.94. The summed E-state index contributed by atoms with van der Waals surface area (Å²) in [6, 6.07) is 5.68. The number of carbonyl (C=O) groups is 2. The second-order valence-electron chi connectivity index (χ2n) is 2.38. The van der Waals surface area contributed by atoms with Crippen LogP contribution in [0.25, 0.3) is 0 Å². The molecule has 0 atom stereocenters. The van der Waals surface area contributed by atoms with Crippen LogP contribution in [0.3, 0.4) is 0 Å². The van der Waals surface area contributed by atoms with Crippen molar-refractivity contribution >= 4 is 11.9 Å². The van der Waals surface area contributed by atoms with E-state index in [-0.39, 0.29) is 23.5 Å². The molecule has 5 heteroatoms. The van der Waals surface area contributed by atoms with Crippen LogP contribution in [0, 0.1) is 0 Å². The molecule has 0 aliphatic carbocycles. The van der Waals surface area contributed by atoms with Gasteiger partial charge in [0.1, 0.15) is 0 Å². The zero-order chi connectivity index (χ0) is 9.84. The summed E-state index contributed by atoms with van der Waals surface area (Å²) in [7, 11) is 1.25. The molecule has 0 aliphatic rings. The summed E-state index contributed by atoms with van der Waals surface area (Å²) in [5.41, 5.74) is 0.310. The summed E-state index contributed by atoms with van der Waals surface area (Å²) in [4.78, 5) is 21.5. The van der Waals surface area contributed by atoms with Crippen molar-refractivity contribution < 1.29 is 31.8 Å². The number of carboxylic acid groups (broad SMARTS) is 1. The SMILES string of the molecule is COC(=O)c1cccc(C(=O)O)c1.[Cl-]. The minimum absolute atomic E-state index is 0. The zero-order valence-electron chi connectivity index (χ0n) is 7.36. The van der Waals surface area contributed by atoms with Gasteiger partial charge >= 0.3 is 11.9 Å². The van der Waals surface area contributed by atoms with Gasteiger partial charge in [-0.1, -0.05) is 6.07 Å². The largest absolute Gasteiger partial charge is 1.00 e. The van der Waals surface area contributed by atoms with Gasteiger partial charge in [0.05, 0.1) is 18.2 Å². The van der Waals surface area contributed by atoms with Crippen LogP contribution in [0.5, 0.6) is 0 Å². The minimum Gasteiger partial charge on any atom is -1.00 e. The van der Waals surface area contributed by atoms with E-state index in [2.05, 4.69) is 4.74 Å². The van der Waals surface area contributed by atoms with Crippen LogP contribution in [0.1, 0.15) is 20.7 Å². The molecule has 0 radical (unpaired) electrons. The lowest BCUT2D eigenvalue weighted by molar-refractivity contribution is -0.0000328. The quantitative estimate of drug-likeness (QED) is 0.590. The fraction of sp³-hybridized carbons (Fsp3) is 0.111. The lowest BCUT2D eigenvalue weighted by Crippen LogP contribution is -3.00. The number of esters is 1. The van der Waals surface area contributed by atoms with Crippen molar-refractivity contribution in [2.75, 3.05) is 7.11 Å². The molecule has 0 saturated heterocycles. The molecule has 14 heavy (non-hydrogen) atoms. The van der Waals surface area contributed by atoms with Crippen molar-refractivity contribution in [1.82, 2.24) is 0 Å². The number of aromatic carboxylic acids is 1. The minimum atomic E-state index is -1.06. The van der Waals surface area contributed by atoms with Crippen LogP contribution in [-0.4, -0.2) is 24.2 Å². The Morgan fingerprint density at radius 1 is 1.29 bits per heavy atom. The maximum atomic E-state index is 11.0.